The summed E-state index contributed by atoms with van der Waals surface area (Å²) in [7, 11) is 0. The molecule has 0 aliphatic heterocycles. The summed E-state index contributed by atoms with van der Waals surface area (Å²) in [5.74, 6) is 1.77. The molecule has 1 aromatic carbocycles. The van der Waals surface area contributed by atoms with E-state index in [2.05, 4.69) is 44.8 Å². The maximum absolute atomic E-state index is 5.98. The molecule has 1 aromatic heterocycles. The van der Waals surface area contributed by atoms with Crippen molar-refractivity contribution in [2.24, 2.45) is 5.41 Å². The van der Waals surface area contributed by atoms with E-state index in [9.17, 15) is 0 Å². The highest BCUT2D eigenvalue weighted by Gasteiger charge is 2.17. The molecule has 3 nitrogen and oxygen atoms in total. The second kappa shape index (κ2) is 14.1. The van der Waals surface area contributed by atoms with E-state index in [1.165, 1.54) is 51.4 Å². The van der Waals surface area contributed by atoms with Crippen molar-refractivity contribution in [2.75, 3.05) is 13.2 Å². The number of ether oxygens (including phenoxy) is 2. The summed E-state index contributed by atoms with van der Waals surface area (Å²) in [6, 6.07) is 12.3. The summed E-state index contributed by atoms with van der Waals surface area (Å²) in [5.41, 5.74) is 2.40. The van der Waals surface area contributed by atoms with Gasteiger partial charge in [0.05, 0.1) is 25.1 Å². The highest BCUT2D eigenvalue weighted by Crippen LogP contribution is 2.28. The SMILES string of the molecule is CCCCCCCCOc1ccc(-c2ccc(OCCC(C)(C)CCCC)cc2)nc1. The van der Waals surface area contributed by atoms with E-state index >= 15 is 0 Å². The zero-order valence-electron chi connectivity index (χ0n) is 20.3. The van der Waals surface area contributed by atoms with Crippen molar-refractivity contribution < 1.29 is 9.47 Å². The van der Waals surface area contributed by atoms with Crippen LogP contribution in [0.25, 0.3) is 11.3 Å². The molecule has 0 bridgehead atoms. The summed E-state index contributed by atoms with van der Waals surface area (Å²) in [4.78, 5) is 4.58. The Hall–Kier alpha value is -2.03. The highest BCUT2D eigenvalue weighted by molar-refractivity contribution is 5.60. The van der Waals surface area contributed by atoms with E-state index in [-0.39, 0.29) is 0 Å². The van der Waals surface area contributed by atoms with E-state index in [1.54, 1.807) is 0 Å². The predicted molar refractivity (Wildman–Crippen MR) is 132 cm³/mol. The molecule has 3 heteroatoms. The molecule has 172 valence electrons. The molecule has 0 unspecified atom stereocenters. The van der Waals surface area contributed by atoms with E-state index in [1.807, 2.05) is 30.5 Å². The smallest absolute Gasteiger partial charge is 0.137 e. The molecule has 0 aliphatic carbocycles. The van der Waals surface area contributed by atoms with Crippen molar-refractivity contribution in [1.82, 2.24) is 4.98 Å². The molecule has 0 saturated carbocycles. The van der Waals surface area contributed by atoms with E-state index in [0.29, 0.717) is 5.41 Å². The Bertz CT molecular complexity index is 707. The second-order valence-corrected chi connectivity index (χ2v) is 9.39. The van der Waals surface area contributed by atoms with Gasteiger partial charge >= 0.3 is 0 Å². The maximum Gasteiger partial charge on any atom is 0.137 e. The average Bonchev–Trinajstić information content (AvgIpc) is 2.78. The molecule has 0 spiro atoms. The van der Waals surface area contributed by atoms with Crippen LogP contribution in [-0.4, -0.2) is 18.2 Å². The Kier molecular flexibility index (Phi) is 11.5. The predicted octanol–water partition coefficient (Wildman–Crippen LogP) is 8.47. The van der Waals surface area contributed by atoms with Crippen molar-refractivity contribution in [3.8, 4) is 22.8 Å². The molecular formula is C28H43NO2. The molecule has 0 N–H and O–H groups in total. The van der Waals surface area contributed by atoms with Crippen LogP contribution in [0.15, 0.2) is 42.6 Å². The van der Waals surface area contributed by atoms with Gasteiger partial charge in [0.1, 0.15) is 11.5 Å². The molecule has 2 rings (SSSR count). The zero-order chi connectivity index (χ0) is 22.4. The lowest BCUT2D eigenvalue weighted by molar-refractivity contribution is 0.214. The first-order chi connectivity index (χ1) is 15.0. The van der Waals surface area contributed by atoms with Gasteiger partial charge in [-0.15, -0.1) is 0 Å². The first-order valence-corrected chi connectivity index (χ1v) is 12.4. The van der Waals surface area contributed by atoms with Gasteiger partial charge in [0, 0.05) is 5.56 Å². The van der Waals surface area contributed by atoms with Crippen LogP contribution >= 0.6 is 0 Å². The van der Waals surface area contributed by atoms with Gasteiger partial charge in [-0.2, -0.15) is 0 Å². The third kappa shape index (κ3) is 10.2. The highest BCUT2D eigenvalue weighted by atomic mass is 16.5. The number of hydrogen-bond acceptors (Lipinski definition) is 3. The Morgan fingerprint density at radius 2 is 1.32 bits per heavy atom. The summed E-state index contributed by atoms with van der Waals surface area (Å²) in [6.07, 6.45) is 14.4. The van der Waals surface area contributed by atoms with Crippen molar-refractivity contribution >= 4 is 0 Å². The summed E-state index contributed by atoms with van der Waals surface area (Å²) in [6.45, 7) is 10.7. The van der Waals surface area contributed by atoms with E-state index in [4.69, 9.17) is 9.47 Å². The standard InChI is InChI=1S/C28H43NO2/c1-5-7-9-10-11-12-21-30-26-17-18-27(29-23-26)24-13-15-25(16-14-24)31-22-20-28(3,4)19-8-6-2/h13-18,23H,5-12,19-22H2,1-4H3. The fourth-order valence-electron chi connectivity index (χ4n) is 3.66. The van der Waals surface area contributed by atoms with Crippen LogP contribution in [-0.2, 0) is 0 Å². The molecule has 0 saturated heterocycles. The normalized spacial score (nSPS) is 11.5. The van der Waals surface area contributed by atoms with Gasteiger partial charge in [-0.3, -0.25) is 4.98 Å². The lowest BCUT2D eigenvalue weighted by Gasteiger charge is -2.24. The minimum Gasteiger partial charge on any atom is -0.494 e. The van der Waals surface area contributed by atoms with Crippen LogP contribution in [0.4, 0.5) is 0 Å². The molecule has 2 aromatic rings. The van der Waals surface area contributed by atoms with E-state index in [0.717, 1.165) is 48.8 Å². The van der Waals surface area contributed by atoms with Crippen LogP contribution in [0.5, 0.6) is 11.5 Å². The van der Waals surface area contributed by atoms with Crippen molar-refractivity contribution in [3.63, 3.8) is 0 Å². The van der Waals surface area contributed by atoms with Crippen LogP contribution < -0.4 is 9.47 Å². The van der Waals surface area contributed by atoms with Crippen LogP contribution in [0.3, 0.4) is 0 Å². The average molecular weight is 426 g/mol. The quantitative estimate of drug-likeness (QED) is 0.253. The first-order valence-electron chi connectivity index (χ1n) is 12.4. The number of aromatic nitrogens is 1. The van der Waals surface area contributed by atoms with Gasteiger partial charge < -0.3 is 9.47 Å². The Balaban J connectivity index is 1.73. The number of pyridine rings is 1. The van der Waals surface area contributed by atoms with Crippen LogP contribution in [0.2, 0.25) is 0 Å². The van der Waals surface area contributed by atoms with Crippen molar-refractivity contribution in [2.45, 2.75) is 91.9 Å². The minimum atomic E-state index is 0.346. The van der Waals surface area contributed by atoms with Crippen molar-refractivity contribution in [3.05, 3.63) is 42.6 Å². The number of hydrogen-bond donors (Lipinski definition) is 0. The lowest BCUT2D eigenvalue weighted by atomic mass is 9.84. The molecule has 0 aliphatic rings. The molecule has 31 heavy (non-hydrogen) atoms. The van der Waals surface area contributed by atoms with Gasteiger partial charge in [-0.1, -0.05) is 72.6 Å². The number of rotatable bonds is 16. The molecular weight excluding hydrogens is 382 g/mol. The van der Waals surface area contributed by atoms with Crippen molar-refractivity contribution in [1.29, 1.82) is 0 Å². The summed E-state index contributed by atoms with van der Waals surface area (Å²) < 4.78 is 11.8. The Morgan fingerprint density at radius 1 is 0.677 bits per heavy atom. The van der Waals surface area contributed by atoms with Gasteiger partial charge in [0.2, 0.25) is 0 Å². The summed E-state index contributed by atoms with van der Waals surface area (Å²) in [5, 5.41) is 0. The molecule has 0 radical (unpaired) electrons. The topological polar surface area (TPSA) is 31.4 Å². The third-order valence-electron chi connectivity index (χ3n) is 5.91. The fraction of sp³-hybridized carbons (Fsp3) is 0.607. The third-order valence-corrected chi connectivity index (χ3v) is 5.91. The second-order valence-electron chi connectivity index (χ2n) is 9.39. The molecule has 0 fully saturated rings. The van der Waals surface area contributed by atoms with Crippen LogP contribution in [0, 0.1) is 5.41 Å². The monoisotopic (exact) mass is 425 g/mol. The largest absolute Gasteiger partial charge is 0.494 e. The Labute approximate surface area is 190 Å². The number of unbranched alkanes of at least 4 members (excludes halogenated alkanes) is 6. The molecule has 1 heterocycles. The van der Waals surface area contributed by atoms with E-state index < -0.39 is 0 Å². The van der Waals surface area contributed by atoms with Crippen LogP contribution in [0.1, 0.15) is 91.9 Å². The van der Waals surface area contributed by atoms with Gasteiger partial charge in [0.15, 0.2) is 0 Å². The first kappa shape index (κ1) is 25.2. The fourth-order valence-corrected chi connectivity index (χ4v) is 3.66. The number of nitrogens with zero attached hydrogens (tertiary/aromatic N) is 1. The maximum atomic E-state index is 5.98. The van der Waals surface area contributed by atoms with Gasteiger partial charge in [-0.05, 0) is 61.1 Å². The minimum absolute atomic E-state index is 0.346. The lowest BCUT2D eigenvalue weighted by Crippen LogP contribution is -2.15. The number of benzene rings is 1. The van der Waals surface area contributed by atoms with Gasteiger partial charge in [0.25, 0.3) is 0 Å². The molecule has 0 atom stereocenters. The summed E-state index contributed by atoms with van der Waals surface area (Å²) >= 11 is 0. The van der Waals surface area contributed by atoms with Gasteiger partial charge in [-0.25, -0.2) is 0 Å². The molecule has 0 amide bonds. The zero-order valence-corrected chi connectivity index (χ0v) is 20.3. The Morgan fingerprint density at radius 3 is 2.00 bits per heavy atom.